The first kappa shape index (κ1) is 14.5. The quantitative estimate of drug-likeness (QED) is 0.747. The van der Waals surface area contributed by atoms with Crippen LogP contribution in [0, 0.1) is 0 Å². The van der Waals surface area contributed by atoms with Crippen molar-refractivity contribution in [3.63, 3.8) is 0 Å². The maximum absolute atomic E-state index is 11.9. The lowest BCUT2D eigenvalue weighted by atomic mass is 10.1. The van der Waals surface area contributed by atoms with E-state index in [0.717, 1.165) is 0 Å². The van der Waals surface area contributed by atoms with Crippen molar-refractivity contribution in [1.82, 2.24) is 4.72 Å². The van der Waals surface area contributed by atoms with Gasteiger partial charge < -0.3 is 9.84 Å². The van der Waals surface area contributed by atoms with E-state index in [0.29, 0.717) is 12.0 Å². The van der Waals surface area contributed by atoms with Gasteiger partial charge >= 0.3 is 11.9 Å². The number of cyclic esters (lactones) is 1. The number of nitrogens with one attached hydrogen (secondary N) is 1. The summed E-state index contributed by atoms with van der Waals surface area (Å²) in [6.07, 6.45) is 0.315. The van der Waals surface area contributed by atoms with Crippen molar-refractivity contribution < 1.29 is 27.9 Å². The van der Waals surface area contributed by atoms with E-state index in [9.17, 15) is 18.0 Å². The number of hydrogen-bond acceptors (Lipinski definition) is 5. The molecule has 1 aliphatic rings. The second kappa shape index (κ2) is 5.59. The first-order chi connectivity index (χ1) is 9.37. The van der Waals surface area contributed by atoms with E-state index in [1.165, 1.54) is 24.3 Å². The number of carboxylic acid groups (broad SMARTS) is 1. The zero-order valence-electron chi connectivity index (χ0n) is 10.4. The van der Waals surface area contributed by atoms with Crippen LogP contribution in [0.2, 0.25) is 0 Å². The van der Waals surface area contributed by atoms with E-state index >= 15 is 0 Å². The lowest BCUT2D eigenvalue weighted by Crippen LogP contribution is -2.38. The van der Waals surface area contributed by atoms with Gasteiger partial charge in [-0.3, -0.25) is 4.79 Å². The van der Waals surface area contributed by atoms with Gasteiger partial charge in [0.25, 0.3) is 0 Å². The predicted molar refractivity (Wildman–Crippen MR) is 68.5 cm³/mol. The fraction of sp³-hybridized carbons (Fsp3) is 0.333. The average molecular weight is 299 g/mol. The number of aromatic carboxylic acids is 1. The summed E-state index contributed by atoms with van der Waals surface area (Å²) in [7, 11) is -3.68. The topological polar surface area (TPSA) is 110 Å². The summed E-state index contributed by atoms with van der Waals surface area (Å²) in [6, 6.07) is 4.68. The molecule has 0 bridgehead atoms. The Hall–Kier alpha value is -1.93. The van der Waals surface area contributed by atoms with Crippen molar-refractivity contribution in [2.24, 2.45) is 0 Å². The van der Waals surface area contributed by atoms with Crippen LogP contribution in [0.3, 0.4) is 0 Å². The Balaban J connectivity index is 2.04. The van der Waals surface area contributed by atoms with Crippen LogP contribution in [0.1, 0.15) is 22.3 Å². The average Bonchev–Trinajstić information content (AvgIpc) is 2.74. The van der Waals surface area contributed by atoms with E-state index in [2.05, 4.69) is 9.46 Å². The van der Waals surface area contributed by atoms with Crippen LogP contribution in [0.15, 0.2) is 24.3 Å². The molecule has 20 heavy (non-hydrogen) atoms. The standard InChI is InChI=1S/C12H13NO6S/c14-11(15)9-3-1-8(2-4-9)7-20(17,18)13-10-5-6-19-12(10)16/h1-4,10,13H,5-7H2,(H,14,15). The Bertz CT molecular complexity index is 622. The van der Waals surface area contributed by atoms with Crippen molar-refractivity contribution in [2.75, 3.05) is 6.61 Å². The van der Waals surface area contributed by atoms with Crippen molar-refractivity contribution in [2.45, 2.75) is 18.2 Å². The van der Waals surface area contributed by atoms with Gasteiger partial charge in [-0.15, -0.1) is 0 Å². The Labute approximate surface area is 115 Å². The third-order valence-electron chi connectivity index (χ3n) is 2.81. The Morgan fingerprint density at radius 3 is 2.50 bits per heavy atom. The first-order valence-electron chi connectivity index (χ1n) is 5.86. The normalized spacial score (nSPS) is 18.8. The van der Waals surface area contributed by atoms with Crippen LogP contribution in [0.5, 0.6) is 0 Å². The molecule has 0 aliphatic carbocycles. The maximum atomic E-state index is 11.9. The van der Waals surface area contributed by atoms with Crippen molar-refractivity contribution >= 4 is 22.0 Å². The number of carbonyl (C=O) groups excluding carboxylic acids is 1. The number of benzene rings is 1. The van der Waals surface area contributed by atoms with Gasteiger partial charge in [-0.1, -0.05) is 12.1 Å². The summed E-state index contributed by atoms with van der Waals surface area (Å²) in [5.41, 5.74) is 0.521. The Kier molecular flexibility index (Phi) is 4.05. The zero-order chi connectivity index (χ0) is 14.8. The summed E-state index contributed by atoms with van der Waals surface area (Å²) < 4.78 is 30.7. The van der Waals surface area contributed by atoms with Crippen LogP contribution < -0.4 is 4.72 Å². The molecule has 0 amide bonds. The minimum atomic E-state index is -3.68. The molecule has 1 aromatic rings. The van der Waals surface area contributed by atoms with Gasteiger partial charge in [-0.2, -0.15) is 0 Å². The number of esters is 1. The molecule has 7 nitrogen and oxygen atoms in total. The van der Waals surface area contributed by atoms with Gasteiger partial charge in [-0.25, -0.2) is 17.9 Å². The number of ether oxygens (including phenoxy) is 1. The van der Waals surface area contributed by atoms with Crippen molar-refractivity contribution in [3.05, 3.63) is 35.4 Å². The smallest absolute Gasteiger partial charge is 0.335 e. The zero-order valence-corrected chi connectivity index (χ0v) is 11.2. The summed E-state index contributed by atoms with van der Waals surface area (Å²) >= 11 is 0. The van der Waals surface area contributed by atoms with Crippen molar-refractivity contribution in [1.29, 1.82) is 0 Å². The molecule has 0 radical (unpaired) electrons. The van der Waals surface area contributed by atoms with Crippen LogP contribution in [-0.2, 0) is 25.3 Å². The minimum Gasteiger partial charge on any atom is -0.478 e. The highest BCUT2D eigenvalue weighted by molar-refractivity contribution is 7.88. The SMILES string of the molecule is O=C(O)c1ccc(CS(=O)(=O)NC2CCOC2=O)cc1. The van der Waals surface area contributed by atoms with E-state index in [4.69, 9.17) is 5.11 Å². The van der Waals surface area contributed by atoms with Gasteiger partial charge in [0, 0.05) is 6.42 Å². The molecular weight excluding hydrogens is 286 g/mol. The van der Waals surface area contributed by atoms with Gasteiger partial charge in [-0.05, 0) is 17.7 Å². The van der Waals surface area contributed by atoms with E-state index < -0.39 is 28.0 Å². The van der Waals surface area contributed by atoms with Crippen LogP contribution in [0.4, 0.5) is 0 Å². The molecule has 2 N–H and O–H groups in total. The van der Waals surface area contributed by atoms with E-state index in [1.54, 1.807) is 0 Å². The summed E-state index contributed by atoms with van der Waals surface area (Å²) in [4.78, 5) is 21.9. The van der Waals surface area contributed by atoms with Gasteiger partial charge in [0.05, 0.1) is 17.9 Å². The van der Waals surface area contributed by atoms with Crippen LogP contribution in [0.25, 0.3) is 0 Å². The molecular formula is C12H13NO6S. The monoisotopic (exact) mass is 299 g/mol. The fourth-order valence-electron chi connectivity index (χ4n) is 1.82. The molecule has 1 heterocycles. The molecule has 0 spiro atoms. The minimum absolute atomic E-state index is 0.0819. The number of rotatable bonds is 5. The summed E-state index contributed by atoms with van der Waals surface area (Å²) in [5, 5.41) is 8.75. The fourth-order valence-corrected chi connectivity index (χ4v) is 3.19. The largest absolute Gasteiger partial charge is 0.478 e. The van der Waals surface area contributed by atoms with E-state index in [-0.39, 0.29) is 17.9 Å². The second-order valence-corrected chi connectivity index (χ2v) is 6.14. The molecule has 8 heteroatoms. The third kappa shape index (κ3) is 3.55. The number of carboxylic acids is 1. The molecule has 1 fully saturated rings. The number of hydrogen-bond donors (Lipinski definition) is 2. The summed E-state index contributed by atoms with van der Waals surface area (Å²) in [5.74, 6) is -1.97. The number of carbonyl (C=O) groups is 2. The maximum Gasteiger partial charge on any atom is 0.335 e. The Morgan fingerprint density at radius 1 is 1.35 bits per heavy atom. The lowest BCUT2D eigenvalue weighted by Gasteiger charge is -2.10. The predicted octanol–water partition coefficient (Wildman–Crippen LogP) is 0.120. The highest BCUT2D eigenvalue weighted by Crippen LogP contribution is 2.11. The number of sulfonamides is 1. The van der Waals surface area contributed by atoms with Crippen molar-refractivity contribution in [3.8, 4) is 0 Å². The molecule has 0 saturated carbocycles. The molecule has 2 rings (SSSR count). The van der Waals surface area contributed by atoms with Crippen LogP contribution >= 0.6 is 0 Å². The van der Waals surface area contributed by atoms with Gasteiger partial charge in [0.1, 0.15) is 6.04 Å². The summed E-state index contributed by atoms with van der Waals surface area (Å²) in [6.45, 7) is 0.208. The molecule has 1 saturated heterocycles. The molecule has 1 unspecified atom stereocenters. The molecule has 108 valence electrons. The molecule has 1 atom stereocenters. The highest BCUT2D eigenvalue weighted by Gasteiger charge is 2.30. The second-order valence-electron chi connectivity index (χ2n) is 4.39. The van der Waals surface area contributed by atoms with Crippen LogP contribution in [-0.4, -0.2) is 38.1 Å². The molecule has 1 aromatic carbocycles. The van der Waals surface area contributed by atoms with E-state index in [1.807, 2.05) is 0 Å². The van der Waals surface area contributed by atoms with Gasteiger partial charge in [0.15, 0.2) is 0 Å². The Morgan fingerprint density at radius 2 is 2.00 bits per heavy atom. The third-order valence-corrected chi connectivity index (χ3v) is 4.17. The van der Waals surface area contributed by atoms with Gasteiger partial charge in [0.2, 0.25) is 10.0 Å². The first-order valence-corrected chi connectivity index (χ1v) is 7.51. The molecule has 0 aromatic heterocycles. The lowest BCUT2D eigenvalue weighted by molar-refractivity contribution is -0.139. The molecule has 1 aliphatic heterocycles. The highest BCUT2D eigenvalue weighted by atomic mass is 32.2.